The van der Waals surface area contributed by atoms with Gasteiger partial charge >= 0.3 is 17.9 Å². The number of rotatable bonds is 10. The number of ether oxygens (including phenoxy) is 2. The van der Waals surface area contributed by atoms with Gasteiger partial charge < -0.3 is 25.0 Å². The Balaban J connectivity index is 1.68. The van der Waals surface area contributed by atoms with E-state index >= 15 is 0 Å². The van der Waals surface area contributed by atoms with Crippen LogP contribution in [-0.4, -0.2) is 73.9 Å². The Kier molecular flexibility index (Phi) is 7.79. The molecule has 3 N–H and O–H groups in total. The van der Waals surface area contributed by atoms with E-state index in [0.29, 0.717) is 28.6 Å². The number of nitrogens with one attached hydrogen (secondary N) is 1. The third kappa shape index (κ3) is 5.00. The molecule has 204 valence electrons. The van der Waals surface area contributed by atoms with E-state index in [4.69, 9.17) is 9.47 Å². The number of amides is 2. The molecule has 1 aromatic heterocycles. The number of hydrogen-bond donors (Lipinski definition) is 3. The number of Topliss-reactive ketones (excluding diaryl/α,β-unsaturated/α-hetero) is 1. The summed E-state index contributed by atoms with van der Waals surface area (Å²) in [4.78, 5) is 77.2. The van der Waals surface area contributed by atoms with Gasteiger partial charge in [0.1, 0.15) is 28.7 Å². The first-order valence-corrected chi connectivity index (χ1v) is 13.2. The average Bonchev–Trinajstić information content (AvgIpc) is 3.41. The average molecular weight is 575 g/mol. The molecule has 3 atom stereocenters. The Labute approximate surface area is 229 Å². The summed E-state index contributed by atoms with van der Waals surface area (Å²) in [6.45, 7) is 0.733. The molecule has 1 saturated heterocycles. The van der Waals surface area contributed by atoms with Crippen molar-refractivity contribution in [1.29, 1.82) is 0 Å². The van der Waals surface area contributed by atoms with E-state index in [1.807, 2.05) is 0 Å². The van der Waals surface area contributed by atoms with Gasteiger partial charge in [0.2, 0.25) is 11.4 Å². The van der Waals surface area contributed by atoms with E-state index in [1.54, 1.807) is 41.1 Å². The molecule has 2 amide bonds. The number of hydrogen-bond acceptors (Lipinski definition) is 10. The van der Waals surface area contributed by atoms with Crippen LogP contribution in [0.2, 0.25) is 0 Å². The quantitative estimate of drug-likeness (QED) is 0.211. The highest BCUT2D eigenvalue weighted by Crippen LogP contribution is 2.50. The Morgan fingerprint density at radius 3 is 2.31 bits per heavy atom. The molecular formula is C25H22N2O10S2. The number of ketones is 1. The maximum atomic E-state index is 13.4. The van der Waals surface area contributed by atoms with Gasteiger partial charge in [-0.15, -0.1) is 11.8 Å². The predicted octanol–water partition coefficient (Wildman–Crippen LogP) is 1.19. The second kappa shape index (κ2) is 10.9. The molecule has 0 bridgehead atoms. The van der Waals surface area contributed by atoms with Gasteiger partial charge in [-0.3, -0.25) is 24.1 Å². The smallest absolute Gasteiger partial charge is 0.355 e. The number of β-lactam (4-membered cyclic amide) rings is 1. The molecule has 0 spiro atoms. The molecule has 2 unspecified atom stereocenters. The molecule has 3 heterocycles. The summed E-state index contributed by atoms with van der Waals surface area (Å²) < 4.78 is 10.4. The zero-order chi connectivity index (χ0) is 28.5. The number of aliphatic carboxylic acids is 2. The summed E-state index contributed by atoms with van der Waals surface area (Å²) in [5.41, 5.74) is -2.62. The van der Waals surface area contributed by atoms with Gasteiger partial charge in [0.15, 0.2) is 5.78 Å². The van der Waals surface area contributed by atoms with Gasteiger partial charge in [-0.05, 0) is 47.0 Å². The number of carbonyl (C=O) groups is 6. The molecular weight excluding hydrogens is 552 g/mol. The lowest BCUT2D eigenvalue weighted by atomic mass is 9.85. The minimum Gasteiger partial charge on any atom is -0.497 e. The predicted molar refractivity (Wildman–Crippen MR) is 137 cm³/mol. The number of esters is 1. The molecule has 2 aromatic rings. The number of nitrogens with zero attached hydrogens (tertiary/aromatic N) is 1. The number of thioether (sulfide) groups is 1. The van der Waals surface area contributed by atoms with E-state index in [2.05, 4.69) is 5.32 Å². The molecule has 14 heteroatoms. The van der Waals surface area contributed by atoms with Crippen molar-refractivity contribution >= 4 is 58.6 Å². The SMILES string of the molecule is COc1ccc(COC(=O)C2=C(C(C)=O)C(C(=O)O)S[C@@H]3N2C(=O)C3(NC(=O)Cc2ccsc2)C(=O)O)cc1. The lowest BCUT2D eigenvalue weighted by Crippen LogP contribution is -2.83. The molecule has 2 aliphatic heterocycles. The molecule has 0 saturated carbocycles. The number of fused-ring (bicyclic) bond motifs is 1. The molecule has 12 nitrogen and oxygen atoms in total. The van der Waals surface area contributed by atoms with Gasteiger partial charge in [0, 0.05) is 0 Å². The van der Waals surface area contributed by atoms with Crippen LogP contribution >= 0.6 is 23.1 Å². The van der Waals surface area contributed by atoms with E-state index in [0.717, 1.165) is 11.8 Å². The van der Waals surface area contributed by atoms with E-state index in [9.17, 15) is 39.0 Å². The largest absolute Gasteiger partial charge is 0.497 e. The molecule has 1 aromatic carbocycles. The highest BCUT2D eigenvalue weighted by atomic mass is 32.2. The van der Waals surface area contributed by atoms with Crippen molar-refractivity contribution in [3.63, 3.8) is 0 Å². The van der Waals surface area contributed by atoms with Crippen LogP contribution in [0.4, 0.5) is 0 Å². The van der Waals surface area contributed by atoms with E-state index < -0.39 is 62.9 Å². The second-order valence-corrected chi connectivity index (χ2v) is 10.6. The first-order chi connectivity index (χ1) is 18.5. The van der Waals surface area contributed by atoms with Crippen LogP contribution in [0.25, 0.3) is 0 Å². The van der Waals surface area contributed by atoms with Crippen molar-refractivity contribution in [3.8, 4) is 5.75 Å². The topological polar surface area (TPSA) is 177 Å². The fraction of sp³-hybridized carbons (Fsp3) is 0.280. The molecule has 39 heavy (non-hydrogen) atoms. The molecule has 0 aliphatic carbocycles. The summed E-state index contributed by atoms with van der Waals surface area (Å²) in [5.74, 6) is -6.71. The maximum Gasteiger partial charge on any atom is 0.355 e. The Bertz CT molecular complexity index is 1390. The van der Waals surface area contributed by atoms with Crippen LogP contribution in [0.1, 0.15) is 18.1 Å². The van der Waals surface area contributed by atoms with Crippen LogP contribution in [0.3, 0.4) is 0 Å². The van der Waals surface area contributed by atoms with Gasteiger partial charge in [0.25, 0.3) is 5.91 Å². The summed E-state index contributed by atoms with van der Waals surface area (Å²) >= 11 is 1.79. The van der Waals surface area contributed by atoms with Crippen molar-refractivity contribution in [2.24, 2.45) is 0 Å². The standard InChI is InChI=1S/C25H22N2O10S2/c1-12(28)17-18(21(32)37-10-13-3-5-15(36-2)6-4-13)27-22(33)25(24(34)35,23(27)39-19(17)20(30)31)26-16(29)9-14-7-8-38-11-14/h3-8,11,19,23H,9-10H2,1-2H3,(H,26,29)(H,30,31)(H,34,35)/t19?,23-,25?/m0/s1. The number of benzene rings is 1. The summed E-state index contributed by atoms with van der Waals surface area (Å²) in [7, 11) is 1.48. The van der Waals surface area contributed by atoms with Crippen LogP contribution in [0.5, 0.6) is 5.75 Å². The van der Waals surface area contributed by atoms with E-state index in [-0.39, 0.29) is 13.0 Å². The number of carbonyl (C=O) groups excluding carboxylic acids is 4. The lowest BCUT2D eigenvalue weighted by molar-refractivity contribution is -0.173. The Morgan fingerprint density at radius 2 is 1.77 bits per heavy atom. The number of carboxylic acids is 2. The minimum atomic E-state index is -2.56. The lowest BCUT2D eigenvalue weighted by Gasteiger charge is -2.55. The van der Waals surface area contributed by atoms with Crippen LogP contribution in [0.15, 0.2) is 52.4 Å². The molecule has 1 fully saturated rings. The maximum absolute atomic E-state index is 13.4. The van der Waals surface area contributed by atoms with Gasteiger partial charge in [-0.1, -0.05) is 12.1 Å². The van der Waals surface area contributed by atoms with Crippen molar-refractivity contribution in [2.75, 3.05) is 7.11 Å². The zero-order valence-electron chi connectivity index (χ0n) is 20.5. The third-order valence-electron chi connectivity index (χ3n) is 6.13. The minimum absolute atomic E-state index is 0.225. The first kappa shape index (κ1) is 27.9. The number of thiophene rings is 1. The van der Waals surface area contributed by atoms with Gasteiger partial charge in [-0.2, -0.15) is 11.3 Å². The monoisotopic (exact) mass is 574 g/mol. The first-order valence-electron chi connectivity index (χ1n) is 11.3. The van der Waals surface area contributed by atoms with Crippen molar-refractivity contribution < 1.29 is 48.5 Å². The van der Waals surface area contributed by atoms with E-state index in [1.165, 1.54) is 18.4 Å². The van der Waals surface area contributed by atoms with Crippen molar-refractivity contribution in [1.82, 2.24) is 10.2 Å². The van der Waals surface area contributed by atoms with Crippen LogP contribution in [0, 0.1) is 0 Å². The van der Waals surface area contributed by atoms with Gasteiger partial charge in [0.05, 0.1) is 19.1 Å². The molecule has 0 radical (unpaired) electrons. The van der Waals surface area contributed by atoms with Crippen LogP contribution < -0.4 is 10.1 Å². The third-order valence-corrected chi connectivity index (χ3v) is 8.39. The normalized spacial score (nSPS) is 21.9. The summed E-state index contributed by atoms with van der Waals surface area (Å²) in [6.07, 6.45) is -0.225. The Hall–Kier alpha value is -4.17. The fourth-order valence-electron chi connectivity index (χ4n) is 4.25. The van der Waals surface area contributed by atoms with Crippen molar-refractivity contribution in [3.05, 3.63) is 63.5 Å². The zero-order valence-corrected chi connectivity index (χ0v) is 22.2. The number of carboxylic acid groups (broad SMARTS) is 2. The summed E-state index contributed by atoms with van der Waals surface area (Å²) in [5, 5.41) is 22.3. The molecule has 4 rings (SSSR count). The fourth-order valence-corrected chi connectivity index (χ4v) is 6.50. The summed E-state index contributed by atoms with van der Waals surface area (Å²) in [6, 6.07) is 8.12. The number of methoxy groups -OCH3 is 1. The second-order valence-electron chi connectivity index (χ2n) is 8.59. The highest BCUT2D eigenvalue weighted by Gasteiger charge is 2.72. The Morgan fingerprint density at radius 1 is 1.08 bits per heavy atom. The highest BCUT2D eigenvalue weighted by molar-refractivity contribution is 8.01. The van der Waals surface area contributed by atoms with Crippen molar-refractivity contribution in [2.45, 2.75) is 36.1 Å². The van der Waals surface area contributed by atoms with Gasteiger partial charge in [-0.25, -0.2) is 9.59 Å². The molecule has 2 aliphatic rings. The van der Waals surface area contributed by atoms with Crippen LogP contribution in [-0.2, 0) is 46.5 Å².